The Morgan fingerprint density at radius 3 is 2.31 bits per heavy atom. The summed E-state index contributed by atoms with van der Waals surface area (Å²) in [4.78, 5) is 14.5. The van der Waals surface area contributed by atoms with Gasteiger partial charge in [-0.05, 0) is 36.8 Å². The number of rotatable bonds is 6. The highest BCUT2D eigenvalue weighted by atomic mass is 32.2. The molecule has 0 spiro atoms. The van der Waals surface area contributed by atoms with Crippen molar-refractivity contribution in [1.82, 2.24) is 4.90 Å². The van der Waals surface area contributed by atoms with Gasteiger partial charge in [0.1, 0.15) is 0 Å². The molecule has 26 heavy (non-hydrogen) atoms. The molecule has 6 heteroatoms. The third-order valence-corrected chi connectivity index (χ3v) is 6.19. The van der Waals surface area contributed by atoms with Crippen molar-refractivity contribution in [3.05, 3.63) is 29.3 Å². The molecule has 1 aliphatic rings. The number of sulfonamides is 1. The number of benzene rings is 1. The molecule has 0 N–H and O–H groups in total. The number of anilines is 1. The average Bonchev–Trinajstić information content (AvgIpc) is 2.84. The molecular weight excluding hydrogens is 348 g/mol. The summed E-state index contributed by atoms with van der Waals surface area (Å²) < 4.78 is 26.4. The molecule has 1 fully saturated rings. The minimum Gasteiger partial charge on any atom is -0.343 e. The van der Waals surface area contributed by atoms with E-state index in [2.05, 4.69) is 13.8 Å². The Balaban J connectivity index is 2.23. The summed E-state index contributed by atoms with van der Waals surface area (Å²) in [6, 6.07) is 5.86. The Labute approximate surface area is 158 Å². The number of nitrogens with zero attached hydrogens (tertiary/aromatic N) is 2. The molecule has 0 aliphatic carbocycles. The molecule has 1 aliphatic heterocycles. The van der Waals surface area contributed by atoms with Gasteiger partial charge < -0.3 is 4.90 Å². The van der Waals surface area contributed by atoms with Crippen LogP contribution in [0.25, 0.3) is 0 Å². The van der Waals surface area contributed by atoms with Crippen molar-refractivity contribution >= 4 is 21.6 Å². The maximum atomic E-state index is 12.6. The molecular formula is C20H32N2O3S. The summed E-state index contributed by atoms with van der Waals surface area (Å²) in [5, 5.41) is 0. The van der Waals surface area contributed by atoms with Crippen LogP contribution in [0, 0.1) is 6.92 Å². The summed E-state index contributed by atoms with van der Waals surface area (Å²) in [5.74, 6) is 0.260. The van der Waals surface area contributed by atoms with Crippen LogP contribution in [-0.2, 0) is 14.8 Å². The van der Waals surface area contributed by atoms with Crippen LogP contribution in [0.5, 0.6) is 0 Å². The van der Waals surface area contributed by atoms with Crippen molar-refractivity contribution in [3.63, 3.8) is 0 Å². The number of aryl methyl sites for hydroxylation is 1. The van der Waals surface area contributed by atoms with Gasteiger partial charge in [-0.1, -0.05) is 44.9 Å². The quantitative estimate of drug-likeness (QED) is 0.756. The topological polar surface area (TPSA) is 57.7 Å². The lowest BCUT2D eigenvalue weighted by Gasteiger charge is -2.29. The molecule has 2 rings (SSSR count). The monoisotopic (exact) mass is 380 g/mol. The smallest absolute Gasteiger partial charge is 0.232 e. The number of carbonyl (C=O) groups is 1. The van der Waals surface area contributed by atoms with Crippen LogP contribution in [0.1, 0.15) is 63.0 Å². The number of likely N-dealkylation sites (tertiary alicyclic amines) is 1. The summed E-state index contributed by atoms with van der Waals surface area (Å²) in [5.41, 5.74) is 2.65. The summed E-state index contributed by atoms with van der Waals surface area (Å²) in [6.07, 6.45) is 5.85. The van der Waals surface area contributed by atoms with Crippen molar-refractivity contribution in [1.29, 1.82) is 0 Å². The predicted octanol–water partition coefficient (Wildman–Crippen LogP) is 3.68. The first-order chi connectivity index (χ1) is 12.2. The zero-order chi connectivity index (χ0) is 19.3. The van der Waals surface area contributed by atoms with Crippen molar-refractivity contribution < 1.29 is 13.2 Å². The standard InChI is InChI=1S/C20H32N2O3S/c1-16(2)18-11-9-10-17(3)20(18)22(26(4,24)25)15-12-19(23)21-13-7-5-6-8-14-21/h9-11,16H,5-8,12-15H2,1-4H3. The van der Waals surface area contributed by atoms with E-state index in [-0.39, 0.29) is 24.8 Å². The molecule has 1 aromatic carbocycles. The number of hydrogen-bond acceptors (Lipinski definition) is 3. The summed E-state index contributed by atoms with van der Waals surface area (Å²) in [6.45, 7) is 7.82. The van der Waals surface area contributed by atoms with Crippen molar-refractivity contribution in [2.45, 2.75) is 58.8 Å². The molecule has 1 heterocycles. The Morgan fingerprint density at radius 2 is 1.77 bits per heavy atom. The number of hydrogen-bond donors (Lipinski definition) is 0. The van der Waals surface area contributed by atoms with Crippen molar-refractivity contribution in [3.8, 4) is 0 Å². The highest BCUT2D eigenvalue weighted by Gasteiger charge is 2.25. The van der Waals surface area contributed by atoms with Crippen molar-refractivity contribution in [2.24, 2.45) is 0 Å². The van der Waals surface area contributed by atoms with Crippen LogP contribution in [-0.4, -0.2) is 45.1 Å². The first-order valence-corrected chi connectivity index (χ1v) is 11.4. The summed E-state index contributed by atoms with van der Waals surface area (Å²) in [7, 11) is -3.47. The second kappa shape index (κ2) is 8.89. The SMILES string of the molecule is Cc1cccc(C(C)C)c1N(CCC(=O)N1CCCCCC1)S(C)(=O)=O. The molecule has 1 amide bonds. The lowest BCUT2D eigenvalue weighted by Crippen LogP contribution is -2.38. The molecule has 0 saturated carbocycles. The molecule has 1 aromatic rings. The third-order valence-electron chi connectivity index (χ3n) is 5.03. The Morgan fingerprint density at radius 1 is 1.15 bits per heavy atom. The average molecular weight is 381 g/mol. The first kappa shape index (κ1) is 20.7. The molecule has 0 unspecified atom stereocenters. The van der Waals surface area contributed by atoms with E-state index in [1.807, 2.05) is 30.0 Å². The highest BCUT2D eigenvalue weighted by Crippen LogP contribution is 2.32. The minimum atomic E-state index is -3.47. The lowest BCUT2D eigenvalue weighted by molar-refractivity contribution is -0.130. The molecule has 0 bridgehead atoms. The lowest BCUT2D eigenvalue weighted by atomic mass is 9.98. The largest absolute Gasteiger partial charge is 0.343 e. The van der Waals surface area contributed by atoms with Crippen molar-refractivity contribution in [2.75, 3.05) is 30.2 Å². The molecule has 0 atom stereocenters. The second-order valence-electron chi connectivity index (χ2n) is 7.55. The zero-order valence-electron chi connectivity index (χ0n) is 16.5. The van der Waals surface area contributed by atoms with Gasteiger partial charge in [-0.15, -0.1) is 0 Å². The van der Waals surface area contributed by atoms with Gasteiger partial charge in [0, 0.05) is 26.1 Å². The molecule has 146 valence electrons. The van der Waals surface area contributed by atoms with E-state index in [1.165, 1.54) is 23.4 Å². The third kappa shape index (κ3) is 5.22. The molecule has 5 nitrogen and oxygen atoms in total. The number of amides is 1. The van der Waals surface area contributed by atoms with Gasteiger partial charge >= 0.3 is 0 Å². The first-order valence-electron chi connectivity index (χ1n) is 9.57. The van der Waals surface area contributed by atoms with Crippen LogP contribution in [0.2, 0.25) is 0 Å². The fourth-order valence-electron chi connectivity index (χ4n) is 3.61. The van der Waals surface area contributed by atoms with Gasteiger partial charge in [0.05, 0.1) is 11.9 Å². The van der Waals surface area contributed by atoms with Gasteiger partial charge in [0.25, 0.3) is 0 Å². The fraction of sp³-hybridized carbons (Fsp3) is 0.650. The summed E-state index contributed by atoms with van der Waals surface area (Å²) >= 11 is 0. The molecule has 0 radical (unpaired) electrons. The van der Waals surface area contributed by atoms with E-state index >= 15 is 0 Å². The van der Waals surface area contributed by atoms with Crippen LogP contribution in [0.15, 0.2) is 18.2 Å². The number of para-hydroxylation sites is 1. The Kier molecular flexibility index (Phi) is 7.09. The second-order valence-corrected chi connectivity index (χ2v) is 9.45. The van der Waals surface area contributed by atoms with E-state index in [1.54, 1.807) is 0 Å². The van der Waals surface area contributed by atoms with Crippen LogP contribution in [0.3, 0.4) is 0 Å². The maximum Gasteiger partial charge on any atom is 0.232 e. The zero-order valence-corrected chi connectivity index (χ0v) is 17.3. The minimum absolute atomic E-state index is 0.0558. The number of carbonyl (C=O) groups excluding carboxylic acids is 1. The van der Waals surface area contributed by atoms with E-state index < -0.39 is 10.0 Å². The van der Waals surface area contributed by atoms with Gasteiger partial charge in [-0.25, -0.2) is 8.42 Å². The van der Waals surface area contributed by atoms with Crippen LogP contribution >= 0.6 is 0 Å². The van der Waals surface area contributed by atoms with E-state index in [4.69, 9.17) is 0 Å². The van der Waals surface area contributed by atoms with Crippen LogP contribution in [0.4, 0.5) is 5.69 Å². The van der Waals surface area contributed by atoms with E-state index in [0.29, 0.717) is 0 Å². The molecule has 0 aromatic heterocycles. The van der Waals surface area contributed by atoms with Gasteiger partial charge in [-0.3, -0.25) is 9.10 Å². The fourth-order valence-corrected chi connectivity index (χ4v) is 4.61. The predicted molar refractivity (Wildman–Crippen MR) is 107 cm³/mol. The Bertz CT molecular complexity index is 721. The van der Waals surface area contributed by atoms with Gasteiger partial charge in [-0.2, -0.15) is 0 Å². The Hall–Kier alpha value is -1.56. The van der Waals surface area contributed by atoms with Crippen LogP contribution < -0.4 is 4.31 Å². The van der Waals surface area contributed by atoms with E-state index in [9.17, 15) is 13.2 Å². The molecule has 1 saturated heterocycles. The van der Waals surface area contributed by atoms with Gasteiger partial charge in [0.15, 0.2) is 0 Å². The maximum absolute atomic E-state index is 12.6. The normalized spacial score (nSPS) is 15.8. The van der Waals surface area contributed by atoms with Gasteiger partial charge in [0.2, 0.25) is 15.9 Å². The highest BCUT2D eigenvalue weighted by molar-refractivity contribution is 7.92. The van der Waals surface area contributed by atoms with E-state index in [0.717, 1.165) is 42.7 Å².